The van der Waals surface area contributed by atoms with Gasteiger partial charge in [-0.2, -0.15) is 4.99 Å². The van der Waals surface area contributed by atoms with Gasteiger partial charge in [0.1, 0.15) is 5.82 Å². The molecule has 0 bridgehead atoms. The molecule has 1 radical (unpaired) electrons. The molecule has 2 rings (SSSR count). The van der Waals surface area contributed by atoms with Gasteiger partial charge in [0, 0.05) is 31.7 Å². The fourth-order valence-corrected chi connectivity index (χ4v) is 2.73. The van der Waals surface area contributed by atoms with Crippen LogP contribution in [-0.4, -0.2) is 52.7 Å². The molecule has 0 spiro atoms. The molecule has 0 saturated carbocycles. The lowest BCUT2D eigenvalue weighted by atomic mass is 10.2. The molecule has 1 aliphatic heterocycles. The van der Waals surface area contributed by atoms with Gasteiger partial charge in [-0.1, -0.05) is 18.2 Å². The molecule has 1 aromatic carbocycles. The van der Waals surface area contributed by atoms with Gasteiger partial charge in [0.25, 0.3) is 5.91 Å². The van der Waals surface area contributed by atoms with E-state index in [1.807, 2.05) is 43.0 Å². The van der Waals surface area contributed by atoms with Crippen molar-refractivity contribution in [3.05, 3.63) is 54.3 Å². The van der Waals surface area contributed by atoms with Crippen molar-refractivity contribution in [1.82, 2.24) is 14.7 Å². The minimum Gasteiger partial charge on any atom is -0.357 e. The second-order valence-electron chi connectivity index (χ2n) is 5.47. The Bertz CT molecular complexity index is 601. The SMILES string of the molecule is CCN(CC)C1=C[CH]N(C(=O)c2ccccc2)C(N(CC)CC)=N1. The van der Waals surface area contributed by atoms with Gasteiger partial charge in [0.2, 0.25) is 5.96 Å². The Kier molecular flexibility index (Phi) is 6.41. The highest BCUT2D eigenvalue weighted by molar-refractivity contribution is 6.07. The highest BCUT2D eigenvalue weighted by Gasteiger charge is 2.28. The summed E-state index contributed by atoms with van der Waals surface area (Å²) in [6.07, 6.45) is 1.92. The second-order valence-corrected chi connectivity index (χ2v) is 5.47. The molecule has 24 heavy (non-hydrogen) atoms. The van der Waals surface area contributed by atoms with Gasteiger partial charge >= 0.3 is 0 Å². The lowest BCUT2D eigenvalue weighted by Crippen LogP contribution is -2.47. The minimum atomic E-state index is -0.0592. The van der Waals surface area contributed by atoms with E-state index in [4.69, 9.17) is 4.99 Å². The zero-order valence-corrected chi connectivity index (χ0v) is 15.1. The smallest absolute Gasteiger partial charge is 0.261 e. The number of benzene rings is 1. The van der Waals surface area contributed by atoms with Crippen molar-refractivity contribution in [2.45, 2.75) is 27.7 Å². The summed E-state index contributed by atoms with van der Waals surface area (Å²) in [6.45, 7) is 13.6. The molecule has 1 amide bonds. The van der Waals surface area contributed by atoms with Crippen LogP contribution >= 0.6 is 0 Å². The number of guanidine groups is 1. The largest absolute Gasteiger partial charge is 0.357 e. The number of hydrogen-bond acceptors (Lipinski definition) is 4. The molecule has 5 nitrogen and oxygen atoms in total. The summed E-state index contributed by atoms with van der Waals surface area (Å²) >= 11 is 0. The third-order valence-electron chi connectivity index (χ3n) is 4.18. The zero-order chi connectivity index (χ0) is 17.5. The van der Waals surface area contributed by atoms with Crippen LogP contribution in [0.15, 0.2) is 47.2 Å². The normalized spacial score (nSPS) is 14.1. The van der Waals surface area contributed by atoms with Gasteiger partial charge in [-0.05, 0) is 45.9 Å². The molecule has 0 fully saturated rings. The van der Waals surface area contributed by atoms with Crippen LogP contribution in [0, 0.1) is 6.54 Å². The number of hydrogen-bond donors (Lipinski definition) is 0. The minimum absolute atomic E-state index is 0.0592. The first-order valence-electron chi connectivity index (χ1n) is 8.68. The molecule has 0 N–H and O–H groups in total. The van der Waals surface area contributed by atoms with Gasteiger partial charge in [-0.25, -0.2) is 0 Å². The predicted molar refractivity (Wildman–Crippen MR) is 98.3 cm³/mol. The molecule has 129 valence electrons. The van der Waals surface area contributed by atoms with Crippen LogP contribution in [0.4, 0.5) is 0 Å². The van der Waals surface area contributed by atoms with Crippen molar-refractivity contribution in [3.63, 3.8) is 0 Å². The summed E-state index contributed by atoms with van der Waals surface area (Å²) in [5.74, 6) is 1.54. The maximum Gasteiger partial charge on any atom is 0.261 e. The van der Waals surface area contributed by atoms with E-state index in [0.717, 1.165) is 32.0 Å². The van der Waals surface area contributed by atoms with E-state index in [1.165, 1.54) is 0 Å². The van der Waals surface area contributed by atoms with Gasteiger partial charge in [-0.3, -0.25) is 9.69 Å². The van der Waals surface area contributed by atoms with Gasteiger partial charge < -0.3 is 9.80 Å². The highest BCUT2D eigenvalue weighted by Crippen LogP contribution is 2.19. The van der Waals surface area contributed by atoms with E-state index in [2.05, 4.69) is 37.5 Å². The summed E-state index contributed by atoms with van der Waals surface area (Å²) in [5.41, 5.74) is 0.660. The Hall–Kier alpha value is -2.30. The summed E-state index contributed by atoms with van der Waals surface area (Å²) in [5, 5.41) is 0. The lowest BCUT2D eigenvalue weighted by Gasteiger charge is -2.35. The molecule has 5 heteroatoms. The summed E-state index contributed by atoms with van der Waals surface area (Å²) in [4.78, 5) is 23.6. The number of nitrogens with zero attached hydrogens (tertiary/aromatic N) is 4. The fraction of sp³-hybridized carbons (Fsp3) is 0.421. The van der Waals surface area contributed by atoms with Crippen molar-refractivity contribution in [1.29, 1.82) is 0 Å². The molecule has 0 atom stereocenters. The first-order chi connectivity index (χ1) is 11.7. The molecule has 0 aliphatic carbocycles. The maximum absolute atomic E-state index is 12.9. The Labute approximate surface area is 145 Å². The summed E-state index contributed by atoms with van der Waals surface area (Å²) in [6, 6.07) is 9.33. The van der Waals surface area contributed by atoms with Crippen LogP contribution in [0.5, 0.6) is 0 Å². The Morgan fingerprint density at radius 3 is 2.08 bits per heavy atom. The summed E-state index contributed by atoms with van der Waals surface area (Å²) < 4.78 is 0. The number of carbonyl (C=O) groups is 1. The van der Waals surface area contributed by atoms with E-state index in [1.54, 1.807) is 4.90 Å². The third kappa shape index (κ3) is 3.78. The van der Waals surface area contributed by atoms with Crippen LogP contribution in [0.1, 0.15) is 38.1 Å². The van der Waals surface area contributed by atoms with Crippen LogP contribution < -0.4 is 0 Å². The van der Waals surface area contributed by atoms with Crippen LogP contribution in [0.2, 0.25) is 0 Å². The average molecular weight is 327 g/mol. The topological polar surface area (TPSA) is 39.1 Å². The van der Waals surface area contributed by atoms with Crippen molar-refractivity contribution >= 4 is 11.9 Å². The van der Waals surface area contributed by atoms with Gasteiger partial charge in [0.05, 0.1) is 6.54 Å². The lowest BCUT2D eigenvalue weighted by molar-refractivity contribution is 0.0861. The van der Waals surface area contributed by atoms with Crippen LogP contribution in [0.3, 0.4) is 0 Å². The predicted octanol–water partition coefficient (Wildman–Crippen LogP) is 3.19. The van der Waals surface area contributed by atoms with Crippen molar-refractivity contribution < 1.29 is 4.79 Å². The molecule has 0 aromatic heterocycles. The number of carbonyl (C=O) groups excluding carboxylic acids is 1. The Morgan fingerprint density at radius 1 is 0.958 bits per heavy atom. The first-order valence-corrected chi connectivity index (χ1v) is 8.68. The first kappa shape index (κ1) is 18.0. The second kappa shape index (κ2) is 8.52. The number of aliphatic imine (C=N–C) groups is 1. The fourth-order valence-electron chi connectivity index (χ4n) is 2.73. The van der Waals surface area contributed by atoms with Crippen molar-refractivity contribution in [2.75, 3.05) is 26.2 Å². The molecule has 1 aliphatic rings. The van der Waals surface area contributed by atoms with Crippen LogP contribution in [-0.2, 0) is 0 Å². The molecular formula is C19H27N4O. The third-order valence-corrected chi connectivity index (χ3v) is 4.18. The highest BCUT2D eigenvalue weighted by atomic mass is 16.2. The monoisotopic (exact) mass is 327 g/mol. The van der Waals surface area contributed by atoms with Gasteiger partial charge in [0.15, 0.2) is 0 Å². The van der Waals surface area contributed by atoms with E-state index in [9.17, 15) is 4.79 Å². The standard InChI is InChI=1S/C19H27N4O/c1-5-21(6-2)17-14-15-23(19(20-17)22(7-3)8-4)18(24)16-12-10-9-11-13-16/h9-15H,5-8H2,1-4H3. The Balaban J connectivity index is 2.35. The molecule has 0 saturated heterocycles. The van der Waals surface area contributed by atoms with E-state index in [0.29, 0.717) is 11.5 Å². The van der Waals surface area contributed by atoms with E-state index < -0.39 is 0 Å². The van der Waals surface area contributed by atoms with E-state index >= 15 is 0 Å². The van der Waals surface area contributed by atoms with Gasteiger partial charge in [-0.15, -0.1) is 0 Å². The summed E-state index contributed by atoms with van der Waals surface area (Å²) in [7, 11) is 0. The van der Waals surface area contributed by atoms with Crippen molar-refractivity contribution in [3.8, 4) is 0 Å². The number of rotatable bonds is 6. The quantitative estimate of drug-likeness (QED) is 0.805. The number of amides is 1. The average Bonchev–Trinajstić information content (AvgIpc) is 2.64. The molecule has 1 aromatic rings. The zero-order valence-electron chi connectivity index (χ0n) is 15.1. The molecule has 0 unspecified atom stereocenters. The molecule has 1 heterocycles. The maximum atomic E-state index is 12.9. The van der Waals surface area contributed by atoms with Crippen LogP contribution in [0.25, 0.3) is 0 Å². The van der Waals surface area contributed by atoms with E-state index in [-0.39, 0.29) is 5.91 Å². The molecular weight excluding hydrogens is 300 g/mol. The van der Waals surface area contributed by atoms with Crippen molar-refractivity contribution in [2.24, 2.45) is 4.99 Å². The Morgan fingerprint density at radius 2 is 1.54 bits per heavy atom.